The number of aliphatic imine (C=N–C) groups is 2. The molecule has 0 bridgehead atoms. The molecule has 1 aromatic heterocycles. The lowest BCUT2D eigenvalue weighted by Gasteiger charge is -2.09. The molecule has 0 aromatic carbocycles. The number of hydrogen-bond donors (Lipinski definition) is 0. The molecule has 1 aromatic rings. The summed E-state index contributed by atoms with van der Waals surface area (Å²) in [6.07, 6.45) is 4.99. The zero-order valence-electron chi connectivity index (χ0n) is 9.27. The van der Waals surface area contributed by atoms with Crippen LogP contribution < -0.4 is 0 Å². The van der Waals surface area contributed by atoms with Crippen LogP contribution in [-0.4, -0.2) is 33.5 Å². The average molecular weight is 348 g/mol. The Hall–Kier alpha value is -0.370. The van der Waals surface area contributed by atoms with Gasteiger partial charge in [0.15, 0.2) is 5.17 Å². The summed E-state index contributed by atoms with van der Waals surface area (Å²) >= 11 is 3.86. The molecular weight excluding hydrogens is 335 g/mol. The lowest BCUT2D eigenvalue weighted by atomic mass is 10.1. The van der Waals surface area contributed by atoms with Crippen molar-refractivity contribution in [2.24, 2.45) is 9.98 Å². The zero-order valence-corrected chi connectivity index (χ0v) is 12.2. The summed E-state index contributed by atoms with van der Waals surface area (Å²) in [6.45, 7) is 3.82. The van der Waals surface area contributed by atoms with E-state index in [0.29, 0.717) is 0 Å². The molecule has 0 saturated carbocycles. The van der Waals surface area contributed by atoms with Crippen molar-refractivity contribution in [1.82, 2.24) is 9.78 Å². The maximum Gasteiger partial charge on any atom is 0.182 e. The van der Waals surface area contributed by atoms with Crippen LogP contribution in [0.2, 0.25) is 0 Å². The van der Waals surface area contributed by atoms with E-state index in [1.165, 1.54) is 0 Å². The number of halogens is 1. The molecule has 0 aliphatic carbocycles. The van der Waals surface area contributed by atoms with Crippen LogP contribution in [0.15, 0.2) is 16.2 Å². The molecule has 2 rings (SSSR count). The third kappa shape index (κ3) is 2.48. The van der Waals surface area contributed by atoms with Crippen molar-refractivity contribution in [3.63, 3.8) is 0 Å². The summed E-state index contributed by atoms with van der Waals surface area (Å²) < 4.78 is 2.98. The minimum Gasteiger partial charge on any atom is -0.271 e. The maximum atomic E-state index is 4.55. The van der Waals surface area contributed by atoms with Gasteiger partial charge in [-0.2, -0.15) is 5.10 Å². The summed E-state index contributed by atoms with van der Waals surface area (Å²) in [5, 5.41) is 5.31. The third-order valence-electron chi connectivity index (χ3n) is 2.36. The van der Waals surface area contributed by atoms with Crippen LogP contribution in [0.3, 0.4) is 0 Å². The van der Waals surface area contributed by atoms with Crippen LogP contribution in [0.5, 0.6) is 0 Å². The lowest BCUT2D eigenvalue weighted by molar-refractivity contribution is 0.655. The van der Waals surface area contributed by atoms with Crippen LogP contribution in [0.4, 0.5) is 0 Å². The second-order valence-electron chi connectivity index (χ2n) is 3.37. The number of thioether (sulfide) groups is 1. The molecule has 0 unspecified atom stereocenters. The van der Waals surface area contributed by atoms with E-state index >= 15 is 0 Å². The van der Waals surface area contributed by atoms with Crippen LogP contribution in [0.1, 0.15) is 18.9 Å². The third-order valence-corrected chi connectivity index (χ3v) is 3.74. The van der Waals surface area contributed by atoms with Gasteiger partial charge >= 0.3 is 0 Å². The first-order valence-electron chi connectivity index (χ1n) is 5.14. The van der Waals surface area contributed by atoms with Crippen molar-refractivity contribution in [3.8, 4) is 0 Å². The van der Waals surface area contributed by atoms with Gasteiger partial charge in [0.25, 0.3) is 0 Å². The highest BCUT2D eigenvalue weighted by Gasteiger charge is 2.15. The van der Waals surface area contributed by atoms with Gasteiger partial charge in [0.05, 0.1) is 5.71 Å². The van der Waals surface area contributed by atoms with Gasteiger partial charge in [-0.15, -0.1) is 0 Å². The van der Waals surface area contributed by atoms with Gasteiger partial charge in [-0.1, -0.05) is 11.8 Å². The Kier molecular flexibility index (Phi) is 4.01. The Morgan fingerprint density at radius 1 is 1.56 bits per heavy atom. The van der Waals surface area contributed by atoms with Crippen molar-refractivity contribution < 1.29 is 0 Å². The SMILES string of the molecule is CCn1cc(C2=NC(SC)=NCC2)c(I)n1. The van der Waals surface area contributed by atoms with Gasteiger partial charge in [-0.3, -0.25) is 9.67 Å². The monoisotopic (exact) mass is 348 g/mol. The number of hydrogen-bond acceptors (Lipinski definition) is 4. The molecule has 1 aliphatic heterocycles. The van der Waals surface area contributed by atoms with Crippen LogP contribution >= 0.6 is 34.4 Å². The topological polar surface area (TPSA) is 42.5 Å². The highest BCUT2D eigenvalue weighted by molar-refractivity contribution is 14.1. The fraction of sp³-hybridized carbons (Fsp3) is 0.500. The molecule has 0 spiro atoms. The second kappa shape index (κ2) is 5.31. The van der Waals surface area contributed by atoms with Crippen molar-refractivity contribution >= 4 is 45.2 Å². The molecule has 6 heteroatoms. The van der Waals surface area contributed by atoms with Crippen LogP contribution in [0.25, 0.3) is 0 Å². The quantitative estimate of drug-likeness (QED) is 0.771. The fourth-order valence-electron chi connectivity index (χ4n) is 1.52. The highest BCUT2D eigenvalue weighted by atomic mass is 127. The molecule has 0 amide bonds. The molecule has 1 aliphatic rings. The summed E-state index contributed by atoms with van der Waals surface area (Å²) in [4.78, 5) is 8.89. The minimum absolute atomic E-state index is 0.836. The largest absolute Gasteiger partial charge is 0.271 e. The van der Waals surface area contributed by atoms with Crippen molar-refractivity contribution in [3.05, 3.63) is 15.5 Å². The first kappa shape index (κ1) is 12.1. The minimum atomic E-state index is 0.836. The van der Waals surface area contributed by atoms with E-state index in [2.05, 4.69) is 50.8 Å². The normalized spacial score (nSPS) is 15.9. The van der Waals surface area contributed by atoms with Gasteiger partial charge in [0.2, 0.25) is 0 Å². The summed E-state index contributed by atoms with van der Waals surface area (Å²) in [5.41, 5.74) is 2.27. The Bertz CT molecular complexity index is 450. The molecular formula is C10H13IN4S. The van der Waals surface area contributed by atoms with Crippen molar-refractivity contribution in [1.29, 1.82) is 0 Å². The van der Waals surface area contributed by atoms with E-state index in [-0.39, 0.29) is 0 Å². The molecule has 0 fully saturated rings. The summed E-state index contributed by atoms with van der Waals surface area (Å²) in [6, 6.07) is 0. The molecule has 4 nitrogen and oxygen atoms in total. The summed E-state index contributed by atoms with van der Waals surface area (Å²) in [7, 11) is 0. The van der Waals surface area contributed by atoms with E-state index in [1.54, 1.807) is 11.8 Å². The van der Waals surface area contributed by atoms with Crippen molar-refractivity contribution in [2.45, 2.75) is 19.9 Å². The van der Waals surface area contributed by atoms with Crippen LogP contribution in [0, 0.1) is 3.70 Å². The fourth-order valence-corrected chi connectivity index (χ4v) is 2.67. The summed E-state index contributed by atoms with van der Waals surface area (Å²) in [5.74, 6) is 0. The number of rotatable bonds is 2. The van der Waals surface area contributed by atoms with E-state index in [0.717, 1.165) is 39.7 Å². The average Bonchev–Trinajstić information content (AvgIpc) is 2.71. The zero-order chi connectivity index (χ0) is 11.5. The van der Waals surface area contributed by atoms with E-state index in [1.807, 2.05) is 10.9 Å². The molecule has 0 radical (unpaired) electrons. The molecule has 0 saturated heterocycles. The van der Waals surface area contributed by atoms with Gasteiger partial charge in [0.1, 0.15) is 3.70 Å². The first-order chi connectivity index (χ1) is 7.74. The Morgan fingerprint density at radius 2 is 2.38 bits per heavy atom. The Morgan fingerprint density at radius 3 is 3.00 bits per heavy atom. The maximum absolute atomic E-state index is 4.55. The Labute approximate surface area is 113 Å². The Balaban J connectivity index is 2.33. The van der Waals surface area contributed by atoms with E-state index in [4.69, 9.17) is 0 Å². The first-order valence-corrected chi connectivity index (χ1v) is 7.44. The van der Waals surface area contributed by atoms with Crippen LogP contribution in [-0.2, 0) is 6.54 Å². The highest BCUT2D eigenvalue weighted by Crippen LogP contribution is 2.17. The van der Waals surface area contributed by atoms with E-state index in [9.17, 15) is 0 Å². The smallest absolute Gasteiger partial charge is 0.182 e. The second-order valence-corrected chi connectivity index (χ2v) is 5.16. The van der Waals surface area contributed by atoms with Gasteiger partial charge in [-0.05, 0) is 35.8 Å². The van der Waals surface area contributed by atoms with Gasteiger partial charge in [-0.25, -0.2) is 4.99 Å². The molecule has 2 heterocycles. The molecule has 16 heavy (non-hydrogen) atoms. The van der Waals surface area contributed by atoms with Gasteiger partial charge in [0, 0.05) is 31.3 Å². The number of aryl methyl sites for hydroxylation is 1. The number of nitrogens with zero attached hydrogens (tertiary/aromatic N) is 4. The predicted molar refractivity (Wildman–Crippen MR) is 77.6 cm³/mol. The predicted octanol–water partition coefficient (Wildman–Crippen LogP) is 2.42. The van der Waals surface area contributed by atoms with Crippen molar-refractivity contribution in [2.75, 3.05) is 12.8 Å². The molecule has 0 atom stereocenters. The van der Waals surface area contributed by atoms with Gasteiger partial charge < -0.3 is 0 Å². The van der Waals surface area contributed by atoms with E-state index < -0.39 is 0 Å². The molecule has 0 N–H and O–H groups in total. The number of amidine groups is 1. The lowest BCUT2D eigenvalue weighted by Crippen LogP contribution is -2.11. The standard InChI is InChI=1S/C10H13IN4S/c1-3-15-6-7(9(11)14-15)8-4-5-12-10(13-8)16-2/h6H,3-5H2,1-2H3. The number of aromatic nitrogens is 2. The molecule has 86 valence electrons.